The zero-order valence-corrected chi connectivity index (χ0v) is 13.8. The predicted molar refractivity (Wildman–Crippen MR) is 85.6 cm³/mol. The van der Waals surface area contributed by atoms with Gasteiger partial charge in [-0.2, -0.15) is 4.98 Å². The molecule has 0 spiro atoms. The second-order valence-corrected chi connectivity index (χ2v) is 6.28. The maximum atomic E-state index is 11.7. The number of nitrogens with zero attached hydrogens (tertiary/aromatic N) is 3. The number of carbonyl (C=O) groups is 1. The molecular weight excluding hydrogens is 300 g/mol. The lowest BCUT2D eigenvalue weighted by atomic mass is 10.2. The van der Waals surface area contributed by atoms with Crippen LogP contribution in [0, 0.1) is 6.92 Å². The summed E-state index contributed by atoms with van der Waals surface area (Å²) in [5, 5.41) is 9.63. The Hall–Kier alpha value is -2.02. The number of rotatable bonds is 7. The summed E-state index contributed by atoms with van der Waals surface area (Å²) in [5.41, 5.74) is 0.810. The number of aromatic nitrogens is 3. The molecule has 22 heavy (non-hydrogen) atoms. The van der Waals surface area contributed by atoms with E-state index in [1.54, 1.807) is 17.4 Å². The number of nitrogens with one attached hydrogen (secondary N) is 1. The first kappa shape index (κ1) is 16.4. The summed E-state index contributed by atoms with van der Waals surface area (Å²) in [6.45, 7) is 6.54. The molecule has 2 aromatic heterocycles. The van der Waals surface area contributed by atoms with E-state index >= 15 is 0 Å². The predicted octanol–water partition coefficient (Wildman–Crippen LogP) is 2.72. The minimum absolute atomic E-state index is 0.126. The van der Waals surface area contributed by atoms with Crippen LogP contribution in [-0.4, -0.2) is 27.6 Å². The average molecular weight is 320 g/mol. The van der Waals surface area contributed by atoms with Crippen LogP contribution >= 0.6 is 11.3 Å². The molecule has 118 valence electrons. The highest BCUT2D eigenvalue weighted by atomic mass is 32.1. The van der Waals surface area contributed by atoms with Gasteiger partial charge in [-0.05, 0) is 19.4 Å². The molecule has 2 rings (SSSR count). The van der Waals surface area contributed by atoms with Gasteiger partial charge in [-0.15, -0.1) is 11.3 Å². The number of hydrogen-bond donors (Lipinski definition) is 1. The number of carbonyl (C=O) groups excluding carboxylic acids is 1. The highest BCUT2D eigenvalue weighted by Gasteiger charge is 2.09. The third kappa shape index (κ3) is 5.07. The van der Waals surface area contributed by atoms with E-state index in [1.165, 1.54) is 6.08 Å². The van der Waals surface area contributed by atoms with Crippen LogP contribution in [0.4, 0.5) is 0 Å². The number of hydrogen-bond acceptors (Lipinski definition) is 6. The lowest BCUT2D eigenvalue weighted by molar-refractivity contribution is -0.116. The monoisotopic (exact) mass is 320 g/mol. The highest BCUT2D eigenvalue weighted by Crippen LogP contribution is 2.10. The summed E-state index contributed by atoms with van der Waals surface area (Å²) in [6, 6.07) is 0. The number of thiazole rings is 1. The van der Waals surface area contributed by atoms with Gasteiger partial charge in [0.25, 0.3) is 0 Å². The van der Waals surface area contributed by atoms with E-state index in [0.717, 1.165) is 22.9 Å². The van der Waals surface area contributed by atoms with Crippen LogP contribution in [0.1, 0.15) is 48.6 Å². The third-order valence-corrected chi connectivity index (χ3v) is 3.70. The lowest BCUT2D eigenvalue weighted by Crippen LogP contribution is -2.22. The molecule has 0 unspecified atom stereocenters. The molecule has 0 radical (unpaired) electrons. The Bertz CT molecular complexity index is 646. The Morgan fingerprint density at radius 1 is 1.45 bits per heavy atom. The third-order valence-electron chi connectivity index (χ3n) is 2.91. The molecule has 0 aliphatic carbocycles. The molecule has 0 saturated heterocycles. The van der Waals surface area contributed by atoms with E-state index in [0.29, 0.717) is 18.9 Å². The standard InChI is InChI=1S/C15H20N4O2S/c1-10(2)15-18-14(21-19-15)5-4-8-16-13(20)7-6-12-9-22-11(3)17-12/h6-7,9-10H,4-5,8H2,1-3H3,(H,16,20)/b7-6-. The molecule has 2 heterocycles. The van der Waals surface area contributed by atoms with Crippen molar-refractivity contribution in [3.63, 3.8) is 0 Å². The Kier molecular flexibility index (Phi) is 5.83. The van der Waals surface area contributed by atoms with Crippen molar-refractivity contribution in [1.82, 2.24) is 20.4 Å². The molecule has 7 heteroatoms. The van der Waals surface area contributed by atoms with E-state index in [2.05, 4.69) is 20.4 Å². The zero-order valence-electron chi connectivity index (χ0n) is 13.0. The fraction of sp³-hybridized carbons (Fsp3) is 0.467. The minimum atomic E-state index is -0.126. The van der Waals surface area contributed by atoms with E-state index < -0.39 is 0 Å². The summed E-state index contributed by atoms with van der Waals surface area (Å²) in [6.07, 6.45) is 4.63. The minimum Gasteiger partial charge on any atom is -0.353 e. The highest BCUT2D eigenvalue weighted by molar-refractivity contribution is 7.09. The Labute approximate surface area is 133 Å². The Balaban J connectivity index is 1.67. The smallest absolute Gasteiger partial charge is 0.244 e. The van der Waals surface area contributed by atoms with Crippen LogP contribution in [0.3, 0.4) is 0 Å². The zero-order chi connectivity index (χ0) is 15.9. The van der Waals surface area contributed by atoms with Crippen molar-refractivity contribution >= 4 is 23.3 Å². The van der Waals surface area contributed by atoms with Gasteiger partial charge in [0, 0.05) is 30.3 Å². The van der Waals surface area contributed by atoms with Gasteiger partial charge >= 0.3 is 0 Å². The Morgan fingerprint density at radius 2 is 2.27 bits per heavy atom. The van der Waals surface area contributed by atoms with Crippen LogP contribution in [-0.2, 0) is 11.2 Å². The summed E-state index contributed by atoms with van der Waals surface area (Å²) < 4.78 is 5.15. The average Bonchev–Trinajstić information content (AvgIpc) is 3.10. The molecule has 2 aromatic rings. The first-order chi connectivity index (χ1) is 10.5. The molecule has 0 aromatic carbocycles. The first-order valence-corrected chi connectivity index (χ1v) is 8.13. The molecule has 6 nitrogen and oxygen atoms in total. The SMILES string of the molecule is Cc1nc(/C=C\C(=O)NCCCc2nc(C(C)C)no2)cs1. The van der Waals surface area contributed by atoms with Crippen molar-refractivity contribution < 1.29 is 9.32 Å². The summed E-state index contributed by atoms with van der Waals surface area (Å²) >= 11 is 1.56. The first-order valence-electron chi connectivity index (χ1n) is 7.25. The van der Waals surface area contributed by atoms with Crippen LogP contribution in [0.15, 0.2) is 16.0 Å². The van der Waals surface area contributed by atoms with Crippen molar-refractivity contribution in [1.29, 1.82) is 0 Å². The number of amides is 1. The Morgan fingerprint density at radius 3 is 2.91 bits per heavy atom. The van der Waals surface area contributed by atoms with Crippen molar-refractivity contribution in [3.05, 3.63) is 33.9 Å². The molecule has 0 atom stereocenters. The fourth-order valence-corrected chi connectivity index (χ4v) is 2.31. The van der Waals surface area contributed by atoms with E-state index in [9.17, 15) is 4.79 Å². The van der Waals surface area contributed by atoms with Gasteiger partial charge < -0.3 is 9.84 Å². The van der Waals surface area contributed by atoms with Crippen LogP contribution in [0.5, 0.6) is 0 Å². The fourth-order valence-electron chi connectivity index (χ4n) is 1.73. The molecule has 1 amide bonds. The quantitative estimate of drug-likeness (QED) is 0.626. The van der Waals surface area contributed by atoms with E-state index in [4.69, 9.17) is 4.52 Å². The maximum absolute atomic E-state index is 11.7. The van der Waals surface area contributed by atoms with Gasteiger partial charge in [-0.3, -0.25) is 4.79 Å². The molecule has 0 aliphatic rings. The second-order valence-electron chi connectivity index (χ2n) is 5.22. The maximum Gasteiger partial charge on any atom is 0.244 e. The normalized spacial score (nSPS) is 11.5. The topological polar surface area (TPSA) is 80.9 Å². The van der Waals surface area contributed by atoms with Crippen molar-refractivity contribution in [2.45, 2.75) is 39.5 Å². The van der Waals surface area contributed by atoms with Crippen LogP contribution in [0.25, 0.3) is 6.08 Å². The summed E-state index contributed by atoms with van der Waals surface area (Å²) in [5.74, 6) is 1.47. The summed E-state index contributed by atoms with van der Waals surface area (Å²) in [4.78, 5) is 20.2. The van der Waals surface area contributed by atoms with Gasteiger partial charge in [0.15, 0.2) is 5.82 Å². The number of aryl methyl sites for hydroxylation is 2. The van der Waals surface area contributed by atoms with Gasteiger partial charge in [-0.1, -0.05) is 19.0 Å². The largest absolute Gasteiger partial charge is 0.353 e. The molecule has 0 saturated carbocycles. The van der Waals surface area contributed by atoms with Gasteiger partial charge in [0.2, 0.25) is 11.8 Å². The van der Waals surface area contributed by atoms with Crippen molar-refractivity contribution in [2.75, 3.05) is 6.54 Å². The van der Waals surface area contributed by atoms with E-state index in [-0.39, 0.29) is 11.8 Å². The van der Waals surface area contributed by atoms with Gasteiger partial charge in [0.05, 0.1) is 10.7 Å². The van der Waals surface area contributed by atoms with Gasteiger partial charge in [0.1, 0.15) is 0 Å². The van der Waals surface area contributed by atoms with Crippen molar-refractivity contribution in [2.24, 2.45) is 0 Å². The molecular formula is C15H20N4O2S. The van der Waals surface area contributed by atoms with Crippen LogP contribution < -0.4 is 5.32 Å². The van der Waals surface area contributed by atoms with Gasteiger partial charge in [-0.25, -0.2) is 4.98 Å². The molecule has 0 aliphatic heterocycles. The van der Waals surface area contributed by atoms with Crippen LogP contribution in [0.2, 0.25) is 0 Å². The molecule has 1 N–H and O–H groups in total. The molecule has 0 bridgehead atoms. The summed E-state index contributed by atoms with van der Waals surface area (Å²) in [7, 11) is 0. The second kappa shape index (κ2) is 7.84. The lowest BCUT2D eigenvalue weighted by Gasteiger charge is -1.99. The molecule has 0 fully saturated rings. The van der Waals surface area contributed by atoms with Crippen molar-refractivity contribution in [3.8, 4) is 0 Å². The van der Waals surface area contributed by atoms with E-state index in [1.807, 2.05) is 26.2 Å².